The van der Waals surface area contributed by atoms with Gasteiger partial charge in [-0.05, 0) is 43.9 Å². The first-order chi connectivity index (χ1) is 10.5. The van der Waals surface area contributed by atoms with E-state index in [2.05, 4.69) is 5.32 Å². The van der Waals surface area contributed by atoms with Crippen molar-refractivity contribution in [1.29, 1.82) is 0 Å². The summed E-state index contributed by atoms with van der Waals surface area (Å²) in [6, 6.07) is 3.66. The molecule has 0 bridgehead atoms. The third-order valence-electron chi connectivity index (χ3n) is 3.80. The lowest BCUT2D eigenvalue weighted by molar-refractivity contribution is -0.154. The monoisotopic (exact) mass is 327 g/mol. The van der Waals surface area contributed by atoms with Gasteiger partial charge in [0.2, 0.25) is 0 Å². The molecule has 1 saturated carbocycles. The number of nitrogens with one attached hydrogen (secondary N) is 1. The smallest absolute Gasteiger partial charge is 0.306 e. The van der Waals surface area contributed by atoms with Crippen molar-refractivity contribution in [3.8, 4) is 0 Å². The van der Waals surface area contributed by atoms with E-state index in [-0.39, 0.29) is 16.7 Å². The van der Waals surface area contributed by atoms with Crippen molar-refractivity contribution in [2.45, 2.75) is 45.1 Å². The Morgan fingerprint density at radius 1 is 1.41 bits per heavy atom. The largest absolute Gasteiger partial charge is 0.453 e. The van der Waals surface area contributed by atoms with Crippen molar-refractivity contribution in [2.75, 3.05) is 5.32 Å². The Balaban J connectivity index is 1.84. The Kier molecular flexibility index (Phi) is 5.77. The summed E-state index contributed by atoms with van der Waals surface area (Å²) >= 11 is 5.83. The van der Waals surface area contributed by atoms with Crippen LogP contribution >= 0.6 is 11.6 Å². The molecule has 0 aliphatic heterocycles. The predicted octanol–water partition coefficient (Wildman–Crippen LogP) is 3.93. The molecule has 1 aliphatic rings. The molecule has 0 saturated heterocycles. The maximum absolute atomic E-state index is 12.9. The summed E-state index contributed by atoms with van der Waals surface area (Å²) < 4.78 is 18.1. The van der Waals surface area contributed by atoms with Crippen LogP contribution in [0.5, 0.6) is 0 Å². The molecule has 1 N–H and O–H groups in total. The number of hydrogen-bond donors (Lipinski definition) is 1. The number of benzene rings is 1. The summed E-state index contributed by atoms with van der Waals surface area (Å²) in [5.41, 5.74) is 0.284. The van der Waals surface area contributed by atoms with E-state index >= 15 is 0 Å². The van der Waals surface area contributed by atoms with Gasteiger partial charge in [-0.25, -0.2) is 4.39 Å². The quantitative estimate of drug-likeness (QED) is 0.834. The van der Waals surface area contributed by atoms with Gasteiger partial charge in [0.25, 0.3) is 5.91 Å². The molecule has 6 heteroatoms. The number of amides is 1. The van der Waals surface area contributed by atoms with E-state index in [0.717, 1.165) is 31.7 Å². The lowest BCUT2D eigenvalue weighted by atomic mass is 10.0. The van der Waals surface area contributed by atoms with Crippen molar-refractivity contribution in [3.05, 3.63) is 29.0 Å². The minimum atomic E-state index is -0.921. The SMILES string of the molecule is C[C@H](OC(=O)CC1CCCC1)C(=O)Nc1ccc(F)cc1Cl. The fraction of sp³-hybridized carbons (Fsp3) is 0.500. The lowest BCUT2D eigenvalue weighted by Gasteiger charge is -2.15. The van der Waals surface area contributed by atoms with E-state index in [0.29, 0.717) is 12.3 Å². The Labute approximate surface area is 134 Å². The number of esters is 1. The van der Waals surface area contributed by atoms with Crippen LogP contribution in [0.4, 0.5) is 10.1 Å². The maximum Gasteiger partial charge on any atom is 0.306 e. The van der Waals surface area contributed by atoms with Gasteiger partial charge in [-0.2, -0.15) is 0 Å². The van der Waals surface area contributed by atoms with Crippen molar-refractivity contribution >= 4 is 29.2 Å². The van der Waals surface area contributed by atoms with Gasteiger partial charge in [0, 0.05) is 6.42 Å². The molecule has 1 aliphatic carbocycles. The van der Waals surface area contributed by atoms with E-state index in [4.69, 9.17) is 16.3 Å². The van der Waals surface area contributed by atoms with Crippen molar-refractivity contribution < 1.29 is 18.7 Å². The number of anilines is 1. The number of halogens is 2. The van der Waals surface area contributed by atoms with Crippen LogP contribution in [-0.4, -0.2) is 18.0 Å². The van der Waals surface area contributed by atoms with E-state index in [1.54, 1.807) is 0 Å². The van der Waals surface area contributed by atoms with Gasteiger partial charge in [0.05, 0.1) is 10.7 Å². The molecule has 1 atom stereocenters. The fourth-order valence-corrected chi connectivity index (χ4v) is 2.79. The molecule has 0 aromatic heterocycles. The molecule has 0 unspecified atom stereocenters. The van der Waals surface area contributed by atoms with Gasteiger partial charge in [-0.1, -0.05) is 24.4 Å². The molecule has 120 valence electrons. The van der Waals surface area contributed by atoms with E-state index in [1.807, 2.05) is 0 Å². The summed E-state index contributed by atoms with van der Waals surface area (Å²) in [6.45, 7) is 1.50. The van der Waals surface area contributed by atoms with Gasteiger partial charge < -0.3 is 10.1 Å². The zero-order valence-electron chi connectivity index (χ0n) is 12.4. The maximum atomic E-state index is 12.9. The van der Waals surface area contributed by atoms with Gasteiger partial charge in [0.1, 0.15) is 5.82 Å². The highest BCUT2D eigenvalue weighted by molar-refractivity contribution is 6.33. The first-order valence-corrected chi connectivity index (χ1v) is 7.79. The average molecular weight is 328 g/mol. The van der Waals surface area contributed by atoms with Crippen molar-refractivity contribution in [1.82, 2.24) is 0 Å². The lowest BCUT2D eigenvalue weighted by Crippen LogP contribution is -2.30. The highest BCUT2D eigenvalue weighted by Crippen LogP contribution is 2.28. The van der Waals surface area contributed by atoms with Crippen LogP contribution in [0.25, 0.3) is 0 Å². The van der Waals surface area contributed by atoms with Crippen LogP contribution in [0.15, 0.2) is 18.2 Å². The molecule has 1 aromatic rings. The predicted molar refractivity (Wildman–Crippen MR) is 82.2 cm³/mol. The molecule has 1 amide bonds. The fourth-order valence-electron chi connectivity index (χ4n) is 2.57. The third kappa shape index (κ3) is 4.70. The van der Waals surface area contributed by atoms with E-state index in [9.17, 15) is 14.0 Å². The summed E-state index contributed by atoms with van der Waals surface area (Å²) in [6.07, 6.45) is 3.82. The number of carbonyl (C=O) groups is 2. The molecular formula is C16H19ClFNO3. The Morgan fingerprint density at radius 3 is 2.73 bits per heavy atom. The van der Waals surface area contributed by atoms with Gasteiger partial charge in [0.15, 0.2) is 6.10 Å². The molecular weight excluding hydrogens is 309 g/mol. The van der Waals surface area contributed by atoms with Crippen molar-refractivity contribution in [3.63, 3.8) is 0 Å². The second-order valence-corrected chi connectivity index (χ2v) is 6.01. The minimum absolute atomic E-state index is 0.0952. The van der Waals surface area contributed by atoms with Crippen LogP contribution in [0.3, 0.4) is 0 Å². The normalized spacial score (nSPS) is 16.3. The minimum Gasteiger partial charge on any atom is -0.453 e. The summed E-state index contributed by atoms with van der Waals surface area (Å²) in [5, 5.41) is 2.62. The third-order valence-corrected chi connectivity index (χ3v) is 4.11. The average Bonchev–Trinajstić information content (AvgIpc) is 2.94. The van der Waals surface area contributed by atoms with Crippen molar-refractivity contribution in [2.24, 2.45) is 5.92 Å². The first-order valence-electron chi connectivity index (χ1n) is 7.41. The zero-order valence-corrected chi connectivity index (χ0v) is 13.2. The highest BCUT2D eigenvalue weighted by Gasteiger charge is 2.23. The highest BCUT2D eigenvalue weighted by atomic mass is 35.5. The first kappa shape index (κ1) is 16.7. The van der Waals surface area contributed by atoms with Gasteiger partial charge in [-0.15, -0.1) is 0 Å². The summed E-state index contributed by atoms with van der Waals surface area (Å²) in [4.78, 5) is 23.8. The standard InChI is InChI=1S/C16H19ClFNO3/c1-10(22-15(20)8-11-4-2-3-5-11)16(21)19-14-7-6-12(18)9-13(14)17/h6-7,9-11H,2-5,8H2,1H3,(H,19,21)/t10-/m0/s1. The number of hydrogen-bond acceptors (Lipinski definition) is 3. The Morgan fingerprint density at radius 2 is 2.09 bits per heavy atom. The topological polar surface area (TPSA) is 55.4 Å². The van der Waals surface area contributed by atoms with Crippen LogP contribution < -0.4 is 5.32 Å². The molecule has 0 heterocycles. The van der Waals surface area contributed by atoms with Crippen LogP contribution in [0, 0.1) is 11.7 Å². The summed E-state index contributed by atoms with van der Waals surface area (Å²) in [5.74, 6) is -0.971. The molecule has 22 heavy (non-hydrogen) atoms. The molecule has 0 radical (unpaired) electrons. The van der Waals surface area contributed by atoms with E-state index < -0.39 is 17.8 Å². The number of carbonyl (C=O) groups excluding carboxylic acids is 2. The Bertz CT molecular complexity index is 558. The van der Waals surface area contributed by atoms with E-state index in [1.165, 1.54) is 19.1 Å². The molecule has 1 aromatic carbocycles. The summed E-state index contributed by atoms with van der Waals surface area (Å²) in [7, 11) is 0. The second-order valence-electron chi connectivity index (χ2n) is 5.60. The van der Waals surface area contributed by atoms with Gasteiger partial charge in [-0.3, -0.25) is 9.59 Å². The molecule has 2 rings (SSSR count). The Hall–Kier alpha value is -1.62. The van der Waals surface area contributed by atoms with Crippen LogP contribution in [-0.2, 0) is 14.3 Å². The second kappa shape index (κ2) is 7.58. The molecule has 4 nitrogen and oxygen atoms in total. The van der Waals surface area contributed by atoms with Gasteiger partial charge >= 0.3 is 5.97 Å². The number of rotatable bonds is 5. The van der Waals surface area contributed by atoms with Crippen LogP contribution in [0.2, 0.25) is 5.02 Å². The zero-order chi connectivity index (χ0) is 16.1. The van der Waals surface area contributed by atoms with Crippen LogP contribution in [0.1, 0.15) is 39.0 Å². The molecule has 0 spiro atoms. The number of ether oxygens (including phenoxy) is 1. The molecule has 1 fully saturated rings.